The zero-order valence-corrected chi connectivity index (χ0v) is 10.9. The number of anilines is 1. The number of aromatic nitrogens is 2. The van der Waals surface area contributed by atoms with E-state index in [-0.39, 0.29) is 0 Å². The van der Waals surface area contributed by atoms with Crippen LogP contribution in [0.2, 0.25) is 0 Å². The van der Waals surface area contributed by atoms with Gasteiger partial charge < -0.3 is 10.2 Å². The van der Waals surface area contributed by atoms with Crippen LogP contribution in [0.3, 0.4) is 0 Å². The highest BCUT2D eigenvalue weighted by Gasteiger charge is 2.15. The van der Waals surface area contributed by atoms with Gasteiger partial charge in [-0.3, -0.25) is 4.98 Å². The first-order valence-electron chi connectivity index (χ1n) is 5.71. The smallest absolute Gasteiger partial charge is 0.156 e. The van der Waals surface area contributed by atoms with Crippen LogP contribution in [0, 0.1) is 0 Å². The van der Waals surface area contributed by atoms with Crippen molar-refractivity contribution in [3.8, 4) is 0 Å². The highest BCUT2D eigenvalue weighted by molar-refractivity contribution is 9.10. The summed E-state index contributed by atoms with van der Waals surface area (Å²) in [7, 11) is 0. The fourth-order valence-electron chi connectivity index (χ4n) is 2.13. The molecule has 2 aromatic rings. The predicted molar refractivity (Wildman–Crippen MR) is 72.3 cm³/mol. The van der Waals surface area contributed by atoms with E-state index in [1.807, 2.05) is 18.3 Å². The zero-order valence-electron chi connectivity index (χ0n) is 9.36. The molecule has 5 heteroatoms. The molecule has 4 nitrogen and oxygen atoms in total. The average Bonchev–Trinajstić information content (AvgIpc) is 2.39. The second-order valence-electron chi connectivity index (χ2n) is 4.08. The average molecular weight is 293 g/mol. The Morgan fingerprint density at radius 2 is 2.12 bits per heavy atom. The van der Waals surface area contributed by atoms with Crippen LogP contribution in [0.15, 0.2) is 29.0 Å². The number of fused-ring (bicyclic) bond motifs is 1. The number of hydrogen-bond acceptors (Lipinski definition) is 4. The second kappa shape index (κ2) is 4.58. The Morgan fingerprint density at radius 1 is 1.29 bits per heavy atom. The Kier molecular flexibility index (Phi) is 2.94. The molecule has 0 amide bonds. The first kappa shape index (κ1) is 10.9. The first-order valence-corrected chi connectivity index (χ1v) is 6.51. The van der Waals surface area contributed by atoms with Crippen molar-refractivity contribution in [3.05, 3.63) is 29.0 Å². The topological polar surface area (TPSA) is 41.1 Å². The standard InChI is InChI=1S/C12H13BrN4/c13-10-8-9-2-1-3-15-11(9)12(16-10)17-6-4-14-5-7-17/h1-3,8,14H,4-7H2. The van der Waals surface area contributed by atoms with Crippen LogP contribution in [0.5, 0.6) is 0 Å². The molecule has 3 rings (SSSR count). The lowest BCUT2D eigenvalue weighted by Gasteiger charge is -2.29. The quantitative estimate of drug-likeness (QED) is 0.814. The molecular formula is C12H13BrN4. The van der Waals surface area contributed by atoms with E-state index >= 15 is 0 Å². The number of nitrogens with zero attached hydrogens (tertiary/aromatic N) is 3. The molecule has 1 saturated heterocycles. The van der Waals surface area contributed by atoms with Crippen LogP contribution in [-0.4, -0.2) is 36.1 Å². The molecule has 0 unspecified atom stereocenters. The molecule has 1 fully saturated rings. The van der Waals surface area contributed by atoms with Gasteiger partial charge in [-0.25, -0.2) is 4.98 Å². The number of piperazine rings is 1. The number of nitrogens with one attached hydrogen (secondary N) is 1. The van der Waals surface area contributed by atoms with Crippen LogP contribution in [0.25, 0.3) is 10.9 Å². The van der Waals surface area contributed by atoms with Crippen molar-refractivity contribution < 1.29 is 0 Å². The van der Waals surface area contributed by atoms with Gasteiger partial charge in [-0.1, -0.05) is 6.07 Å². The van der Waals surface area contributed by atoms with Crippen LogP contribution < -0.4 is 10.2 Å². The summed E-state index contributed by atoms with van der Waals surface area (Å²) < 4.78 is 0.867. The van der Waals surface area contributed by atoms with E-state index in [1.165, 1.54) is 0 Å². The SMILES string of the molecule is Brc1cc2cccnc2c(N2CCNCC2)n1. The summed E-state index contributed by atoms with van der Waals surface area (Å²) in [5.74, 6) is 0.983. The minimum atomic E-state index is 0.867. The van der Waals surface area contributed by atoms with E-state index < -0.39 is 0 Å². The fourth-order valence-corrected chi connectivity index (χ4v) is 2.55. The van der Waals surface area contributed by atoms with E-state index in [1.54, 1.807) is 0 Å². The van der Waals surface area contributed by atoms with Gasteiger partial charge in [0.15, 0.2) is 5.82 Å². The minimum absolute atomic E-state index is 0.867. The van der Waals surface area contributed by atoms with Crippen LogP contribution in [0.4, 0.5) is 5.82 Å². The second-order valence-corrected chi connectivity index (χ2v) is 4.89. The van der Waals surface area contributed by atoms with Gasteiger partial charge in [0.2, 0.25) is 0 Å². The largest absolute Gasteiger partial charge is 0.352 e. The summed E-state index contributed by atoms with van der Waals surface area (Å²) >= 11 is 3.47. The lowest BCUT2D eigenvalue weighted by Crippen LogP contribution is -2.44. The van der Waals surface area contributed by atoms with Crippen LogP contribution in [-0.2, 0) is 0 Å². The van der Waals surface area contributed by atoms with Gasteiger partial charge in [-0.15, -0.1) is 0 Å². The molecule has 17 heavy (non-hydrogen) atoms. The van der Waals surface area contributed by atoms with Gasteiger partial charge in [-0.05, 0) is 28.1 Å². The first-order chi connectivity index (χ1) is 8.34. The Morgan fingerprint density at radius 3 is 2.94 bits per heavy atom. The summed E-state index contributed by atoms with van der Waals surface area (Å²) in [4.78, 5) is 11.3. The fraction of sp³-hybridized carbons (Fsp3) is 0.333. The molecule has 0 bridgehead atoms. The van der Waals surface area contributed by atoms with E-state index in [2.05, 4.69) is 42.2 Å². The summed E-state index contributed by atoms with van der Waals surface area (Å²) in [5.41, 5.74) is 0.984. The molecule has 0 spiro atoms. The summed E-state index contributed by atoms with van der Waals surface area (Å²) in [6.07, 6.45) is 1.82. The molecule has 0 aliphatic carbocycles. The lowest BCUT2D eigenvalue weighted by atomic mass is 10.2. The van der Waals surface area contributed by atoms with Crippen LogP contribution >= 0.6 is 15.9 Å². The Balaban J connectivity index is 2.13. The van der Waals surface area contributed by atoms with Gasteiger partial charge in [0.05, 0.1) is 0 Å². The number of hydrogen-bond donors (Lipinski definition) is 1. The number of pyridine rings is 2. The van der Waals surface area contributed by atoms with Crippen LogP contribution in [0.1, 0.15) is 0 Å². The normalized spacial score (nSPS) is 16.4. The third-order valence-electron chi connectivity index (χ3n) is 2.95. The number of rotatable bonds is 1. The number of halogens is 1. The van der Waals surface area contributed by atoms with Crippen molar-refractivity contribution in [1.29, 1.82) is 0 Å². The highest BCUT2D eigenvalue weighted by atomic mass is 79.9. The lowest BCUT2D eigenvalue weighted by molar-refractivity contribution is 0.586. The van der Waals surface area contributed by atoms with Crippen molar-refractivity contribution >= 4 is 32.7 Å². The molecule has 1 N–H and O–H groups in total. The van der Waals surface area contributed by atoms with Crippen molar-refractivity contribution in [2.24, 2.45) is 0 Å². The minimum Gasteiger partial charge on any atom is -0.352 e. The third-order valence-corrected chi connectivity index (χ3v) is 3.36. The molecule has 2 aromatic heterocycles. The van der Waals surface area contributed by atoms with Gasteiger partial charge in [-0.2, -0.15) is 0 Å². The molecule has 3 heterocycles. The van der Waals surface area contributed by atoms with Gasteiger partial charge in [0, 0.05) is 37.8 Å². The van der Waals surface area contributed by atoms with E-state index in [0.29, 0.717) is 0 Å². The van der Waals surface area contributed by atoms with E-state index in [4.69, 9.17) is 0 Å². The molecule has 0 atom stereocenters. The maximum atomic E-state index is 4.58. The predicted octanol–water partition coefficient (Wildman–Crippen LogP) is 1.80. The van der Waals surface area contributed by atoms with Gasteiger partial charge in [0.1, 0.15) is 10.1 Å². The summed E-state index contributed by atoms with van der Waals surface area (Å²) in [5, 5.41) is 4.47. The Hall–Kier alpha value is -1.20. The Bertz CT molecular complexity index is 537. The van der Waals surface area contributed by atoms with Crippen molar-refractivity contribution in [2.45, 2.75) is 0 Å². The molecule has 0 saturated carbocycles. The molecule has 0 radical (unpaired) electrons. The molecule has 0 aromatic carbocycles. The maximum absolute atomic E-state index is 4.58. The van der Waals surface area contributed by atoms with Gasteiger partial charge in [0.25, 0.3) is 0 Å². The zero-order chi connectivity index (χ0) is 11.7. The monoisotopic (exact) mass is 292 g/mol. The van der Waals surface area contributed by atoms with Crippen molar-refractivity contribution in [1.82, 2.24) is 15.3 Å². The van der Waals surface area contributed by atoms with E-state index in [0.717, 1.165) is 47.5 Å². The summed E-state index contributed by atoms with van der Waals surface area (Å²) in [6, 6.07) is 6.03. The maximum Gasteiger partial charge on any atom is 0.156 e. The molecule has 1 aliphatic rings. The molecule has 88 valence electrons. The third kappa shape index (κ3) is 2.12. The van der Waals surface area contributed by atoms with Gasteiger partial charge >= 0.3 is 0 Å². The van der Waals surface area contributed by atoms with Crippen molar-refractivity contribution in [2.75, 3.05) is 31.1 Å². The highest BCUT2D eigenvalue weighted by Crippen LogP contribution is 2.26. The Labute approximate surface area is 108 Å². The molecular weight excluding hydrogens is 280 g/mol. The van der Waals surface area contributed by atoms with Crippen molar-refractivity contribution in [3.63, 3.8) is 0 Å². The summed E-state index contributed by atoms with van der Waals surface area (Å²) in [6.45, 7) is 3.97. The molecule has 1 aliphatic heterocycles. The van der Waals surface area contributed by atoms with E-state index in [9.17, 15) is 0 Å².